The zero-order chi connectivity index (χ0) is 15.5. The van der Waals surface area contributed by atoms with E-state index >= 15 is 0 Å². The van der Waals surface area contributed by atoms with Gasteiger partial charge in [0.25, 0.3) is 0 Å². The molecule has 0 saturated carbocycles. The Balaban J connectivity index is 2.00. The first-order valence-corrected chi connectivity index (χ1v) is 9.14. The first-order chi connectivity index (χ1) is 9.87. The summed E-state index contributed by atoms with van der Waals surface area (Å²) in [5.74, 6) is 1.81. The summed E-state index contributed by atoms with van der Waals surface area (Å²) >= 11 is 0. The predicted molar refractivity (Wildman–Crippen MR) is 84.0 cm³/mol. The second-order valence-corrected chi connectivity index (χ2v) is 8.29. The van der Waals surface area contributed by atoms with Crippen LogP contribution >= 0.6 is 0 Å². The lowest BCUT2D eigenvalue weighted by atomic mass is 10.2. The minimum absolute atomic E-state index is 0.00294. The average Bonchev–Trinajstić information content (AvgIpc) is 2.78. The third-order valence-electron chi connectivity index (χ3n) is 3.65. The van der Waals surface area contributed by atoms with E-state index in [4.69, 9.17) is 0 Å². The van der Waals surface area contributed by atoms with Gasteiger partial charge in [0, 0.05) is 25.8 Å². The van der Waals surface area contributed by atoms with Crippen LogP contribution in [0.2, 0.25) is 0 Å². The molecule has 1 saturated heterocycles. The summed E-state index contributed by atoms with van der Waals surface area (Å²) in [6.07, 6.45) is 4.10. The van der Waals surface area contributed by atoms with Crippen LogP contribution < -0.4 is 10.2 Å². The van der Waals surface area contributed by atoms with E-state index < -0.39 is 9.84 Å². The zero-order valence-corrected chi connectivity index (χ0v) is 13.7. The van der Waals surface area contributed by atoms with Crippen molar-refractivity contribution in [2.24, 2.45) is 5.92 Å². The van der Waals surface area contributed by atoms with Crippen LogP contribution in [0, 0.1) is 5.92 Å². The average molecular weight is 312 g/mol. The molecule has 0 bridgehead atoms. The topological polar surface area (TPSA) is 75.2 Å². The van der Waals surface area contributed by atoms with Crippen LogP contribution in [-0.4, -0.2) is 49.5 Å². The Morgan fingerprint density at radius 1 is 1.43 bits per heavy atom. The van der Waals surface area contributed by atoms with E-state index in [2.05, 4.69) is 29.1 Å². The van der Waals surface area contributed by atoms with E-state index in [1.165, 1.54) is 0 Å². The van der Waals surface area contributed by atoms with Crippen molar-refractivity contribution < 1.29 is 8.42 Å². The van der Waals surface area contributed by atoms with Crippen LogP contribution in [-0.2, 0) is 16.4 Å². The van der Waals surface area contributed by atoms with Gasteiger partial charge in [-0.1, -0.05) is 13.8 Å². The maximum absolute atomic E-state index is 11.6. The molecule has 1 aromatic rings. The van der Waals surface area contributed by atoms with Crippen LogP contribution in [0.5, 0.6) is 0 Å². The highest BCUT2D eigenvalue weighted by Gasteiger charge is 2.31. The van der Waals surface area contributed by atoms with Crippen molar-refractivity contribution in [3.8, 4) is 0 Å². The Bertz CT molecular complexity index is 574. The summed E-state index contributed by atoms with van der Waals surface area (Å²) in [5, 5.41) is 3.33. The second kappa shape index (κ2) is 6.70. The molecule has 1 fully saturated rings. The Morgan fingerprint density at radius 2 is 2.19 bits per heavy atom. The highest BCUT2D eigenvalue weighted by Crippen LogP contribution is 2.20. The Morgan fingerprint density at radius 3 is 2.81 bits per heavy atom. The van der Waals surface area contributed by atoms with Gasteiger partial charge < -0.3 is 10.2 Å². The summed E-state index contributed by atoms with van der Waals surface area (Å²) in [6.45, 7) is 5.92. The van der Waals surface area contributed by atoms with Gasteiger partial charge in [-0.3, -0.25) is 4.98 Å². The van der Waals surface area contributed by atoms with Gasteiger partial charge in [0.15, 0.2) is 9.84 Å². The molecule has 1 aromatic heterocycles. The molecule has 1 aliphatic heterocycles. The molecule has 1 N–H and O–H groups in total. The first kappa shape index (κ1) is 16.2. The van der Waals surface area contributed by atoms with E-state index in [1.807, 2.05) is 11.9 Å². The smallest absolute Gasteiger partial charge is 0.152 e. The third kappa shape index (κ3) is 4.64. The summed E-state index contributed by atoms with van der Waals surface area (Å²) in [4.78, 5) is 10.7. The van der Waals surface area contributed by atoms with Crippen LogP contribution in [0.4, 0.5) is 5.82 Å². The normalized spacial score (nSPS) is 20.9. The van der Waals surface area contributed by atoms with Crippen molar-refractivity contribution in [3.63, 3.8) is 0 Å². The van der Waals surface area contributed by atoms with E-state index in [1.54, 1.807) is 12.4 Å². The predicted octanol–water partition coefficient (Wildman–Crippen LogP) is 0.845. The highest BCUT2D eigenvalue weighted by atomic mass is 32.2. The number of anilines is 1. The van der Waals surface area contributed by atoms with Crippen molar-refractivity contribution in [2.45, 2.75) is 32.9 Å². The molecule has 1 aliphatic rings. The van der Waals surface area contributed by atoms with Gasteiger partial charge in [0.2, 0.25) is 0 Å². The Kier molecular flexibility index (Phi) is 5.16. The molecule has 21 heavy (non-hydrogen) atoms. The summed E-state index contributed by atoms with van der Waals surface area (Å²) in [6, 6.07) is 0.00294. The van der Waals surface area contributed by atoms with Crippen molar-refractivity contribution in [1.29, 1.82) is 0 Å². The van der Waals surface area contributed by atoms with E-state index in [9.17, 15) is 8.42 Å². The van der Waals surface area contributed by atoms with Gasteiger partial charge >= 0.3 is 0 Å². The number of nitrogens with one attached hydrogen (secondary N) is 1. The van der Waals surface area contributed by atoms with Crippen molar-refractivity contribution in [1.82, 2.24) is 15.3 Å². The van der Waals surface area contributed by atoms with Crippen LogP contribution in [0.3, 0.4) is 0 Å². The molecule has 0 aliphatic carbocycles. The molecule has 0 amide bonds. The van der Waals surface area contributed by atoms with Crippen LogP contribution in [0.1, 0.15) is 26.0 Å². The number of hydrogen-bond donors (Lipinski definition) is 1. The van der Waals surface area contributed by atoms with Crippen molar-refractivity contribution in [3.05, 3.63) is 18.1 Å². The van der Waals surface area contributed by atoms with Gasteiger partial charge in [-0.15, -0.1) is 0 Å². The second-order valence-electron chi connectivity index (χ2n) is 6.06. The minimum Gasteiger partial charge on any atom is -0.354 e. The fourth-order valence-corrected chi connectivity index (χ4v) is 4.18. The molecule has 1 atom stereocenters. The number of nitrogens with zero attached hydrogens (tertiary/aromatic N) is 3. The van der Waals surface area contributed by atoms with Crippen LogP contribution in [0.15, 0.2) is 12.4 Å². The summed E-state index contributed by atoms with van der Waals surface area (Å²) < 4.78 is 23.2. The SMILES string of the molecule is CC(C)CNCc1cncc(N(C)C2CCS(=O)(=O)C2)n1. The van der Waals surface area contributed by atoms with Crippen molar-refractivity contribution >= 4 is 15.7 Å². The molecule has 1 unspecified atom stereocenters. The molecule has 2 rings (SSSR count). The molecular formula is C14H24N4O2S. The summed E-state index contributed by atoms with van der Waals surface area (Å²) in [5.41, 5.74) is 0.876. The van der Waals surface area contributed by atoms with Gasteiger partial charge in [0.05, 0.1) is 23.4 Å². The fraction of sp³-hybridized carbons (Fsp3) is 0.714. The molecule has 6 nitrogen and oxygen atoms in total. The molecule has 0 aromatic carbocycles. The maximum atomic E-state index is 11.6. The number of rotatable bonds is 6. The Labute approximate surface area is 126 Å². The lowest BCUT2D eigenvalue weighted by Gasteiger charge is -2.24. The number of hydrogen-bond acceptors (Lipinski definition) is 6. The standard InChI is InChI=1S/C14H24N4O2S/c1-11(2)6-15-7-12-8-16-9-14(17-12)18(3)13-4-5-21(19,20)10-13/h8-9,11,13,15H,4-7,10H2,1-3H3. The molecule has 0 spiro atoms. The van der Waals surface area contributed by atoms with E-state index in [0.717, 1.165) is 18.1 Å². The fourth-order valence-electron chi connectivity index (χ4n) is 2.41. The third-order valence-corrected chi connectivity index (χ3v) is 5.40. The van der Waals surface area contributed by atoms with Gasteiger partial charge in [-0.05, 0) is 18.9 Å². The molecule has 0 radical (unpaired) electrons. The lowest BCUT2D eigenvalue weighted by molar-refractivity contribution is 0.547. The molecule has 2 heterocycles. The van der Waals surface area contributed by atoms with Crippen LogP contribution in [0.25, 0.3) is 0 Å². The highest BCUT2D eigenvalue weighted by molar-refractivity contribution is 7.91. The van der Waals surface area contributed by atoms with Gasteiger partial charge in [-0.2, -0.15) is 0 Å². The largest absolute Gasteiger partial charge is 0.354 e. The molecule has 118 valence electrons. The van der Waals surface area contributed by atoms with E-state index in [0.29, 0.717) is 18.9 Å². The van der Waals surface area contributed by atoms with Gasteiger partial charge in [0.1, 0.15) is 5.82 Å². The molecular weight excluding hydrogens is 288 g/mol. The lowest BCUT2D eigenvalue weighted by Crippen LogP contribution is -2.33. The Hall–Kier alpha value is -1.21. The minimum atomic E-state index is -2.88. The summed E-state index contributed by atoms with van der Waals surface area (Å²) in [7, 11) is -0.995. The van der Waals surface area contributed by atoms with Crippen molar-refractivity contribution in [2.75, 3.05) is 30.0 Å². The zero-order valence-electron chi connectivity index (χ0n) is 12.9. The molecule has 7 heteroatoms. The maximum Gasteiger partial charge on any atom is 0.152 e. The van der Waals surface area contributed by atoms with Gasteiger partial charge in [-0.25, -0.2) is 13.4 Å². The quantitative estimate of drug-likeness (QED) is 0.839. The number of sulfone groups is 1. The monoisotopic (exact) mass is 312 g/mol. The first-order valence-electron chi connectivity index (χ1n) is 7.32. The van der Waals surface area contributed by atoms with E-state index in [-0.39, 0.29) is 17.5 Å². The number of aromatic nitrogens is 2.